The van der Waals surface area contributed by atoms with Crippen molar-refractivity contribution in [2.75, 3.05) is 0 Å². The van der Waals surface area contributed by atoms with Crippen molar-refractivity contribution >= 4 is 22.9 Å². The average molecular weight is 343 g/mol. The maximum atomic E-state index is 12.3. The number of carbonyl (C=O) groups excluding carboxylic acids is 1. The van der Waals surface area contributed by atoms with Gasteiger partial charge >= 0.3 is 0 Å². The molecule has 2 aromatic carbocycles. The molecule has 1 heterocycles. The van der Waals surface area contributed by atoms with Gasteiger partial charge in [0, 0.05) is 35.3 Å². The van der Waals surface area contributed by atoms with Crippen LogP contribution in [-0.4, -0.2) is 10.5 Å². The molecule has 26 heavy (non-hydrogen) atoms. The van der Waals surface area contributed by atoms with Gasteiger partial charge in [-0.1, -0.05) is 48.5 Å². The van der Waals surface area contributed by atoms with Gasteiger partial charge in [0.1, 0.15) is 0 Å². The maximum absolute atomic E-state index is 12.3. The average Bonchev–Trinajstić information content (AvgIpc) is 3.03. The fourth-order valence-corrected chi connectivity index (χ4v) is 3.02. The number of amides is 1. The molecule has 130 valence electrons. The number of hydrogen-bond acceptors (Lipinski definition) is 2. The first kappa shape index (κ1) is 17.5. The first-order chi connectivity index (χ1) is 12.7. The van der Waals surface area contributed by atoms with Gasteiger partial charge in [-0.15, -0.1) is 0 Å². The Bertz CT molecular complexity index is 964. The summed E-state index contributed by atoms with van der Waals surface area (Å²) in [4.78, 5) is 12.3. The number of fused-ring (bicyclic) bond motifs is 1. The zero-order valence-corrected chi connectivity index (χ0v) is 14.7. The monoisotopic (exact) mass is 343 g/mol. The SMILES string of the molecule is CC(NC(=O)/C=C/c1cn(CCC#N)c2ccccc12)c1ccccc1. The van der Waals surface area contributed by atoms with Crippen molar-refractivity contribution in [2.24, 2.45) is 0 Å². The lowest BCUT2D eigenvalue weighted by atomic mass is 10.1. The van der Waals surface area contributed by atoms with Gasteiger partial charge in [-0.25, -0.2) is 0 Å². The summed E-state index contributed by atoms with van der Waals surface area (Å²) < 4.78 is 2.06. The fourth-order valence-electron chi connectivity index (χ4n) is 3.02. The molecular weight excluding hydrogens is 322 g/mol. The molecule has 0 aliphatic heterocycles. The fraction of sp³-hybridized carbons (Fsp3) is 0.182. The molecular formula is C22H21N3O. The molecule has 1 unspecified atom stereocenters. The van der Waals surface area contributed by atoms with Crippen LogP contribution in [0.1, 0.15) is 30.5 Å². The second-order valence-electron chi connectivity index (χ2n) is 6.18. The second kappa shape index (κ2) is 8.17. The van der Waals surface area contributed by atoms with Crippen LogP contribution in [0.15, 0.2) is 66.9 Å². The van der Waals surface area contributed by atoms with E-state index in [2.05, 4.69) is 16.0 Å². The highest BCUT2D eigenvalue weighted by Gasteiger charge is 2.08. The maximum Gasteiger partial charge on any atom is 0.244 e. The van der Waals surface area contributed by atoms with Crippen molar-refractivity contribution in [3.63, 3.8) is 0 Å². The molecule has 1 amide bonds. The van der Waals surface area contributed by atoms with Gasteiger partial charge in [-0.05, 0) is 24.6 Å². The van der Waals surface area contributed by atoms with E-state index in [4.69, 9.17) is 5.26 Å². The predicted octanol–water partition coefficient (Wildman–Crippen LogP) is 4.45. The Balaban J connectivity index is 1.75. The van der Waals surface area contributed by atoms with Gasteiger partial charge in [0.05, 0.1) is 18.5 Å². The molecule has 4 nitrogen and oxygen atoms in total. The highest BCUT2D eigenvalue weighted by Crippen LogP contribution is 2.23. The first-order valence-corrected chi connectivity index (χ1v) is 8.67. The summed E-state index contributed by atoms with van der Waals surface area (Å²) in [7, 11) is 0. The standard InChI is InChI=1S/C22H21N3O/c1-17(18-8-3-2-4-9-18)24-22(26)13-12-19-16-25(15-7-14-23)21-11-6-5-10-20(19)21/h2-6,8-13,16-17H,7,15H2,1H3,(H,24,26)/b13-12+. The van der Waals surface area contributed by atoms with Crippen molar-refractivity contribution in [3.05, 3.63) is 78.0 Å². The van der Waals surface area contributed by atoms with Crippen LogP contribution in [0.5, 0.6) is 0 Å². The molecule has 0 fully saturated rings. The first-order valence-electron chi connectivity index (χ1n) is 8.67. The highest BCUT2D eigenvalue weighted by atomic mass is 16.1. The number of rotatable bonds is 6. The van der Waals surface area contributed by atoms with E-state index in [1.165, 1.54) is 0 Å². The van der Waals surface area contributed by atoms with E-state index in [1.54, 1.807) is 6.08 Å². The number of benzene rings is 2. The van der Waals surface area contributed by atoms with E-state index in [1.807, 2.05) is 73.8 Å². The summed E-state index contributed by atoms with van der Waals surface area (Å²) in [5.74, 6) is -0.129. The van der Waals surface area contributed by atoms with Gasteiger partial charge in [0.2, 0.25) is 5.91 Å². The van der Waals surface area contributed by atoms with Crippen LogP contribution in [0.2, 0.25) is 0 Å². The Labute approximate surface area is 153 Å². The van der Waals surface area contributed by atoms with Crippen LogP contribution >= 0.6 is 0 Å². The summed E-state index contributed by atoms with van der Waals surface area (Å²) in [5.41, 5.74) is 3.11. The van der Waals surface area contributed by atoms with Crippen LogP contribution in [-0.2, 0) is 11.3 Å². The van der Waals surface area contributed by atoms with E-state index in [9.17, 15) is 4.79 Å². The number of aryl methyl sites for hydroxylation is 1. The van der Waals surface area contributed by atoms with Gasteiger partial charge in [-0.2, -0.15) is 5.26 Å². The van der Waals surface area contributed by atoms with Crippen LogP contribution in [0, 0.1) is 11.3 Å². The second-order valence-corrected chi connectivity index (χ2v) is 6.18. The summed E-state index contributed by atoms with van der Waals surface area (Å²) in [6.07, 6.45) is 5.84. The van der Waals surface area contributed by atoms with Crippen molar-refractivity contribution in [1.29, 1.82) is 5.26 Å². The van der Waals surface area contributed by atoms with Gasteiger partial charge in [0.15, 0.2) is 0 Å². The smallest absolute Gasteiger partial charge is 0.244 e. The van der Waals surface area contributed by atoms with Crippen molar-refractivity contribution in [3.8, 4) is 6.07 Å². The lowest BCUT2D eigenvalue weighted by molar-refractivity contribution is -0.117. The van der Waals surface area contributed by atoms with E-state index in [0.29, 0.717) is 13.0 Å². The Kier molecular flexibility index (Phi) is 5.50. The number of nitrogens with one attached hydrogen (secondary N) is 1. The van der Waals surface area contributed by atoms with Gasteiger partial charge in [-0.3, -0.25) is 4.79 Å². The Morgan fingerprint density at radius 2 is 1.92 bits per heavy atom. The largest absolute Gasteiger partial charge is 0.346 e. The number of nitriles is 1. The number of hydrogen-bond donors (Lipinski definition) is 1. The topological polar surface area (TPSA) is 57.8 Å². The number of nitrogens with zero attached hydrogens (tertiary/aromatic N) is 2. The van der Waals surface area contributed by atoms with E-state index < -0.39 is 0 Å². The van der Waals surface area contributed by atoms with E-state index in [0.717, 1.165) is 22.0 Å². The minimum absolute atomic E-state index is 0.0506. The van der Waals surface area contributed by atoms with Gasteiger partial charge in [0.25, 0.3) is 0 Å². The van der Waals surface area contributed by atoms with E-state index >= 15 is 0 Å². The molecule has 1 N–H and O–H groups in total. The van der Waals surface area contributed by atoms with Crippen LogP contribution < -0.4 is 5.32 Å². The zero-order chi connectivity index (χ0) is 18.4. The van der Waals surface area contributed by atoms with Gasteiger partial charge < -0.3 is 9.88 Å². The summed E-state index contributed by atoms with van der Waals surface area (Å²) in [6.45, 7) is 2.61. The molecule has 0 saturated heterocycles. The molecule has 0 radical (unpaired) electrons. The third-order valence-electron chi connectivity index (χ3n) is 4.36. The van der Waals surface area contributed by atoms with Crippen molar-refractivity contribution < 1.29 is 4.79 Å². The van der Waals surface area contributed by atoms with E-state index in [-0.39, 0.29) is 11.9 Å². The number of carbonyl (C=O) groups is 1. The Morgan fingerprint density at radius 1 is 1.19 bits per heavy atom. The molecule has 0 aliphatic carbocycles. The quantitative estimate of drug-likeness (QED) is 0.672. The highest BCUT2D eigenvalue weighted by molar-refractivity contribution is 5.96. The van der Waals surface area contributed by atoms with Crippen LogP contribution in [0.3, 0.4) is 0 Å². The molecule has 0 aliphatic rings. The summed E-state index contributed by atoms with van der Waals surface area (Å²) >= 11 is 0. The Hall–Kier alpha value is -3.32. The molecule has 3 aromatic rings. The molecule has 0 spiro atoms. The molecule has 0 saturated carbocycles. The van der Waals surface area contributed by atoms with Crippen LogP contribution in [0.4, 0.5) is 0 Å². The lowest BCUT2D eigenvalue weighted by Gasteiger charge is -2.12. The van der Waals surface area contributed by atoms with Crippen molar-refractivity contribution in [1.82, 2.24) is 9.88 Å². The van der Waals surface area contributed by atoms with Crippen LogP contribution in [0.25, 0.3) is 17.0 Å². The minimum Gasteiger partial charge on any atom is -0.346 e. The molecule has 3 rings (SSSR count). The number of para-hydroxylation sites is 1. The number of aromatic nitrogens is 1. The van der Waals surface area contributed by atoms with Crippen molar-refractivity contribution in [2.45, 2.75) is 25.9 Å². The summed E-state index contributed by atoms with van der Waals surface area (Å²) in [5, 5.41) is 12.9. The lowest BCUT2D eigenvalue weighted by Crippen LogP contribution is -2.24. The molecule has 0 bridgehead atoms. The third-order valence-corrected chi connectivity index (χ3v) is 4.36. The molecule has 1 aromatic heterocycles. The normalized spacial score (nSPS) is 12.2. The summed E-state index contributed by atoms with van der Waals surface area (Å²) in [6, 6.07) is 20.0. The predicted molar refractivity (Wildman–Crippen MR) is 104 cm³/mol. The Morgan fingerprint density at radius 3 is 2.69 bits per heavy atom. The zero-order valence-electron chi connectivity index (χ0n) is 14.7. The third kappa shape index (κ3) is 4.01. The molecule has 4 heteroatoms. The molecule has 1 atom stereocenters. The minimum atomic E-state index is -0.129.